The van der Waals surface area contributed by atoms with Gasteiger partial charge in [-0.3, -0.25) is 9.05 Å². The quantitative estimate of drug-likeness (QED) is 0.241. The van der Waals surface area contributed by atoms with Crippen LogP contribution in [-0.2, 0) is 95.8 Å². The molecule has 3 saturated heterocycles. The van der Waals surface area contributed by atoms with Gasteiger partial charge >= 0.3 is 13.4 Å². The van der Waals surface area contributed by atoms with Crippen molar-refractivity contribution in [2.24, 2.45) is 0 Å². The van der Waals surface area contributed by atoms with Gasteiger partial charge in [-0.25, -0.2) is 0 Å². The Balaban J connectivity index is 1.19. The van der Waals surface area contributed by atoms with Crippen LogP contribution in [0.25, 0.3) is 0 Å². The Hall–Kier alpha value is -0.443. The second kappa shape index (κ2) is 11.9. The zero-order chi connectivity index (χ0) is 30.9. The normalized spacial score (nSPS) is 34.1. The van der Waals surface area contributed by atoms with E-state index in [9.17, 15) is 0 Å². The van der Waals surface area contributed by atoms with Gasteiger partial charge in [0.15, 0.2) is 8.32 Å². The van der Waals surface area contributed by atoms with Crippen molar-refractivity contribution in [2.45, 2.75) is 108 Å². The molecule has 15 heteroatoms. The standard InChI is InChI=1S/C29H38O10P2S2Si/c1-29(2,3)44(4,5)39-27-23-25(37-40(42)30-14-18-10-6-7-11-19(18)15-31-40)22-26(24(27)36-28(34-22)35-23)38-41(43)32-16-20-12-8-9-13-21(20)17-33-41/h6-13,22-28H,14-17H2,1-5H3. The van der Waals surface area contributed by atoms with Crippen LogP contribution in [0.2, 0.25) is 18.1 Å². The third kappa shape index (κ3) is 6.13. The largest absolute Gasteiger partial charge is 0.408 e. The molecule has 6 aliphatic rings. The van der Waals surface area contributed by atoms with Crippen LogP contribution in [0.15, 0.2) is 48.5 Å². The van der Waals surface area contributed by atoms with E-state index in [0.29, 0.717) is 0 Å². The van der Waals surface area contributed by atoms with E-state index in [1.807, 2.05) is 48.5 Å². The van der Waals surface area contributed by atoms with Gasteiger partial charge < -0.3 is 36.7 Å². The molecule has 10 nitrogen and oxygen atoms in total. The summed E-state index contributed by atoms with van der Waals surface area (Å²) < 4.78 is 63.8. The number of ether oxygens (including phenoxy) is 3. The molecular formula is C29H38O10P2S2Si. The maximum Gasteiger partial charge on any atom is 0.328 e. The number of hydrogen-bond donors (Lipinski definition) is 0. The first-order valence-corrected chi connectivity index (χ1v) is 22.8. The summed E-state index contributed by atoms with van der Waals surface area (Å²) in [6.07, 6.45) is -3.86. The van der Waals surface area contributed by atoms with Crippen LogP contribution in [0.3, 0.4) is 0 Å². The molecule has 2 aromatic carbocycles. The molecule has 1 aliphatic carbocycles. The lowest BCUT2D eigenvalue weighted by Crippen LogP contribution is -2.77. The summed E-state index contributed by atoms with van der Waals surface area (Å²) in [5.41, 5.74) is 4.04. The van der Waals surface area contributed by atoms with Crippen molar-refractivity contribution in [3.63, 3.8) is 0 Å². The van der Waals surface area contributed by atoms with E-state index in [1.54, 1.807) is 0 Å². The fourth-order valence-electron chi connectivity index (χ4n) is 5.73. The maximum absolute atomic E-state index is 7.00. The Kier molecular flexibility index (Phi) is 8.69. The number of hydrogen-bond acceptors (Lipinski definition) is 12. The summed E-state index contributed by atoms with van der Waals surface area (Å²) in [6.45, 7) is 4.62. The van der Waals surface area contributed by atoms with E-state index in [-0.39, 0.29) is 31.5 Å². The molecule has 240 valence electrons. The Morgan fingerprint density at radius 3 is 1.32 bits per heavy atom. The Labute approximate surface area is 269 Å². The van der Waals surface area contributed by atoms with E-state index >= 15 is 0 Å². The van der Waals surface area contributed by atoms with Crippen molar-refractivity contribution in [1.29, 1.82) is 0 Å². The van der Waals surface area contributed by atoms with E-state index in [2.05, 4.69) is 33.9 Å². The average molecular weight is 701 g/mol. The monoisotopic (exact) mass is 700 g/mol. The zero-order valence-corrected chi connectivity index (χ0v) is 29.7. The van der Waals surface area contributed by atoms with Crippen LogP contribution in [0, 0.1) is 0 Å². The van der Waals surface area contributed by atoms with Crippen LogP contribution in [0.4, 0.5) is 0 Å². The molecule has 0 aromatic heterocycles. The highest BCUT2D eigenvalue weighted by Gasteiger charge is 2.66. The predicted molar refractivity (Wildman–Crippen MR) is 171 cm³/mol. The second-order valence-corrected chi connectivity index (χ2v) is 23.8. The summed E-state index contributed by atoms with van der Waals surface area (Å²) >= 11 is 11.9. The minimum atomic E-state index is -3.26. The summed E-state index contributed by atoms with van der Waals surface area (Å²) in [7, 11) is -2.34. The molecular weight excluding hydrogens is 662 g/mol. The van der Waals surface area contributed by atoms with Gasteiger partial charge in [0.05, 0.1) is 26.4 Å². The Morgan fingerprint density at radius 2 is 0.977 bits per heavy atom. The van der Waals surface area contributed by atoms with Crippen molar-refractivity contribution in [2.75, 3.05) is 0 Å². The zero-order valence-electron chi connectivity index (χ0n) is 25.3. The molecule has 0 amide bonds. The third-order valence-corrected chi connectivity index (χ3v) is 18.3. The van der Waals surface area contributed by atoms with Crippen LogP contribution >= 0.6 is 13.4 Å². The number of benzene rings is 2. The second-order valence-electron chi connectivity index (χ2n) is 13.1. The van der Waals surface area contributed by atoms with Crippen LogP contribution in [-0.4, -0.2) is 51.4 Å². The van der Waals surface area contributed by atoms with Crippen LogP contribution in [0.1, 0.15) is 43.0 Å². The minimum Gasteiger partial charge on any atom is -0.408 e. The molecule has 5 heterocycles. The lowest BCUT2D eigenvalue weighted by Gasteiger charge is -2.60. The summed E-state index contributed by atoms with van der Waals surface area (Å²) in [6, 6.07) is 15.9. The molecule has 5 aliphatic heterocycles. The van der Waals surface area contributed by atoms with E-state index in [0.717, 1.165) is 22.3 Å². The molecule has 1 saturated carbocycles. The highest BCUT2D eigenvalue weighted by molar-refractivity contribution is 8.07. The van der Waals surface area contributed by atoms with E-state index in [1.165, 1.54) is 0 Å². The summed E-state index contributed by atoms with van der Waals surface area (Å²) in [5, 5.41) is -0.0814. The van der Waals surface area contributed by atoms with Gasteiger partial charge in [0.25, 0.3) is 6.48 Å². The Morgan fingerprint density at radius 1 is 0.636 bits per heavy atom. The van der Waals surface area contributed by atoms with Crippen molar-refractivity contribution < 1.29 is 45.8 Å². The van der Waals surface area contributed by atoms with Gasteiger partial charge in [0.2, 0.25) is 0 Å². The summed E-state index contributed by atoms with van der Waals surface area (Å²) in [4.78, 5) is 0. The van der Waals surface area contributed by atoms with Gasteiger partial charge in [-0.2, -0.15) is 0 Å². The molecule has 44 heavy (non-hydrogen) atoms. The maximum atomic E-state index is 7.00. The summed E-state index contributed by atoms with van der Waals surface area (Å²) in [5.74, 6) is 0. The first-order chi connectivity index (χ1) is 20.8. The molecule has 4 atom stereocenters. The van der Waals surface area contributed by atoms with E-state index in [4.69, 9.17) is 69.4 Å². The van der Waals surface area contributed by atoms with Crippen molar-refractivity contribution in [3.8, 4) is 0 Å². The van der Waals surface area contributed by atoms with Gasteiger partial charge in [-0.05, 0) is 64.0 Å². The van der Waals surface area contributed by atoms with Gasteiger partial charge in [0.1, 0.15) is 36.6 Å². The fourth-order valence-corrected chi connectivity index (χ4v) is 10.9. The molecule has 8 rings (SSSR count). The molecule has 0 radical (unpaired) electrons. The average Bonchev–Trinajstić information content (AvgIpc) is 3.25. The van der Waals surface area contributed by atoms with Crippen LogP contribution < -0.4 is 0 Å². The molecule has 4 fully saturated rings. The first kappa shape index (κ1) is 32.1. The highest BCUT2D eigenvalue weighted by Crippen LogP contribution is 2.61. The molecule has 0 N–H and O–H groups in total. The first-order valence-electron chi connectivity index (χ1n) is 14.8. The van der Waals surface area contributed by atoms with Gasteiger partial charge in [0, 0.05) is 0 Å². The minimum absolute atomic E-state index is 0.0814. The molecule has 4 unspecified atom stereocenters. The predicted octanol–water partition coefficient (Wildman–Crippen LogP) is 6.57. The molecule has 4 bridgehead atoms. The smallest absolute Gasteiger partial charge is 0.328 e. The van der Waals surface area contributed by atoms with Crippen molar-refractivity contribution in [1.82, 2.24) is 0 Å². The molecule has 0 spiro atoms. The molecule has 2 aromatic rings. The fraction of sp³-hybridized carbons (Fsp3) is 0.586. The lowest BCUT2D eigenvalue weighted by molar-refractivity contribution is -0.475. The van der Waals surface area contributed by atoms with Crippen LogP contribution in [0.5, 0.6) is 0 Å². The number of rotatable bonds is 6. The van der Waals surface area contributed by atoms with E-state index < -0.39 is 64.9 Å². The third-order valence-electron chi connectivity index (χ3n) is 9.24. The Bertz CT molecular complexity index is 1350. The van der Waals surface area contributed by atoms with Crippen molar-refractivity contribution in [3.05, 3.63) is 70.8 Å². The number of fused-ring (bicyclic) bond motifs is 2. The lowest BCUT2D eigenvalue weighted by atomic mass is 9.83. The highest BCUT2D eigenvalue weighted by atomic mass is 32.5. The van der Waals surface area contributed by atoms with Crippen molar-refractivity contribution >= 4 is 45.4 Å². The van der Waals surface area contributed by atoms with Gasteiger partial charge in [-0.1, -0.05) is 69.3 Å². The SMILES string of the molecule is CC(C)(C)[Si](C)(C)OC1C2OC3OC1C(OP1(=S)OCc4ccccc4CO1)C(O3)C2OP1(=S)OCc2ccccc2CO1. The topological polar surface area (TPSA) is 92.3 Å². The van der Waals surface area contributed by atoms with Gasteiger partial charge in [-0.15, -0.1) is 0 Å².